The van der Waals surface area contributed by atoms with Crippen LogP contribution in [0.4, 0.5) is 8.78 Å². The van der Waals surface area contributed by atoms with E-state index in [9.17, 15) is 13.6 Å². The maximum absolute atomic E-state index is 13.6. The van der Waals surface area contributed by atoms with Crippen LogP contribution in [0, 0.1) is 0 Å². The fourth-order valence-electron chi connectivity index (χ4n) is 2.40. The lowest BCUT2D eigenvalue weighted by Crippen LogP contribution is -2.15. The summed E-state index contributed by atoms with van der Waals surface area (Å²) in [7, 11) is 1.49. The minimum absolute atomic E-state index is 0.175. The number of nitrogens with zero attached hydrogens (tertiary/aromatic N) is 2. The molecule has 0 saturated carbocycles. The summed E-state index contributed by atoms with van der Waals surface area (Å²) in [6.45, 7) is 0.795. The average molecular weight is 332 g/mol. The number of ether oxygens (including phenoxy) is 1. The number of aromatic nitrogens is 2. The zero-order valence-corrected chi connectivity index (χ0v) is 13.0. The van der Waals surface area contributed by atoms with Gasteiger partial charge in [0.15, 0.2) is 5.82 Å². The number of hydrogen-bond acceptors (Lipinski definition) is 4. The first-order valence-corrected chi connectivity index (χ1v) is 7.12. The molecule has 0 spiro atoms. The van der Waals surface area contributed by atoms with Gasteiger partial charge in [-0.05, 0) is 24.3 Å². The van der Waals surface area contributed by atoms with Crippen molar-refractivity contribution < 1.29 is 18.0 Å². The van der Waals surface area contributed by atoms with Gasteiger partial charge in [-0.15, -0.1) is 0 Å². The third-order valence-electron chi connectivity index (χ3n) is 3.56. The summed E-state index contributed by atoms with van der Waals surface area (Å²) < 4.78 is 38.3. The number of halogens is 2. The molecule has 0 aliphatic rings. The SMILES string of the molecule is COc1ccccc1-c1noc(=O)n1-c1cccc(C(C)(F)F)c1. The van der Waals surface area contributed by atoms with Crippen molar-refractivity contribution >= 4 is 0 Å². The Balaban J connectivity index is 2.21. The molecule has 7 heteroatoms. The Labute approximate surface area is 136 Å². The Morgan fingerprint density at radius 2 is 1.92 bits per heavy atom. The largest absolute Gasteiger partial charge is 0.496 e. The molecule has 1 heterocycles. The second kappa shape index (κ2) is 5.92. The van der Waals surface area contributed by atoms with Crippen LogP contribution in [0.15, 0.2) is 57.8 Å². The lowest BCUT2D eigenvalue weighted by atomic mass is 10.1. The quantitative estimate of drug-likeness (QED) is 0.732. The van der Waals surface area contributed by atoms with Crippen molar-refractivity contribution in [3.8, 4) is 22.8 Å². The first kappa shape index (κ1) is 15.9. The van der Waals surface area contributed by atoms with Crippen molar-refractivity contribution in [2.45, 2.75) is 12.8 Å². The summed E-state index contributed by atoms with van der Waals surface area (Å²) in [6, 6.07) is 12.4. The van der Waals surface area contributed by atoms with Crippen LogP contribution in [0.1, 0.15) is 12.5 Å². The third-order valence-corrected chi connectivity index (χ3v) is 3.56. The lowest BCUT2D eigenvalue weighted by Gasteiger charge is -2.13. The fraction of sp³-hybridized carbons (Fsp3) is 0.176. The molecule has 0 aliphatic heterocycles. The van der Waals surface area contributed by atoms with E-state index in [0.717, 1.165) is 11.5 Å². The van der Waals surface area contributed by atoms with Gasteiger partial charge in [-0.1, -0.05) is 29.4 Å². The van der Waals surface area contributed by atoms with Crippen LogP contribution in [-0.4, -0.2) is 16.8 Å². The van der Waals surface area contributed by atoms with Crippen molar-refractivity contribution in [1.29, 1.82) is 0 Å². The lowest BCUT2D eigenvalue weighted by molar-refractivity contribution is 0.0174. The monoisotopic (exact) mass is 332 g/mol. The van der Waals surface area contributed by atoms with Gasteiger partial charge in [-0.25, -0.2) is 18.1 Å². The number of benzene rings is 2. The van der Waals surface area contributed by atoms with Crippen LogP contribution in [0.2, 0.25) is 0 Å². The zero-order chi connectivity index (χ0) is 17.3. The molecule has 2 aromatic carbocycles. The van der Waals surface area contributed by atoms with Crippen molar-refractivity contribution in [2.75, 3.05) is 7.11 Å². The normalized spacial score (nSPS) is 11.5. The smallest absolute Gasteiger partial charge is 0.446 e. The van der Waals surface area contributed by atoms with E-state index in [4.69, 9.17) is 9.26 Å². The van der Waals surface area contributed by atoms with Gasteiger partial charge in [-0.3, -0.25) is 4.52 Å². The maximum atomic E-state index is 13.6. The summed E-state index contributed by atoms with van der Waals surface area (Å²) in [4.78, 5) is 12.1. The van der Waals surface area contributed by atoms with E-state index in [-0.39, 0.29) is 17.1 Å². The minimum Gasteiger partial charge on any atom is -0.496 e. The molecule has 0 N–H and O–H groups in total. The summed E-state index contributed by atoms with van der Waals surface area (Å²) >= 11 is 0. The van der Waals surface area contributed by atoms with Gasteiger partial charge in [0.1, 0.15) is 5.75 Å². The highest BCUT2D eigenvalue weighted by Gasteiger charge is 2.25. The highest BCUT2D eigenvalue weighted by molar-refractivity contribution is 5.65. The summed E-state index contributed by atoms with van der Waals surface area (Å²) in [5.74, 6) is -3.14. The molecule has 5 nitrogen and oxygen atoms in total. The van der Waals surface area contributed by atoms with Gasteiger partial charge >= 0.3 is 5.76 Å². The Morgan fingerprint density at radius 1 is 1.17 bits per heavy atom. The molecule has 124 valence electrons. The van der Waals surface area contributed by atoms with E-state index in [1.54, 1.807) is 24.3 Å². The number of alkyl halides is 2. The van der Waals surface area contributed by atoms with E-state index < -0.39 is 11.7 Å². The molecule has 0 unspecified atom stereocenters. The van der Waals surface area contributed by atoms with Gasteiger partial charge in [0, 0.05) is 12.5 Å². The predicted molar refractivity (Wildman–Crippen MR) is 83.7 cm³/mol. The molecule has 3 rings (SSSR count). The molecule has 24 heavy (non-hydrogen) atoms. The van der Waals surface area contributed by atoms with E-state index in [2.05, 4.69) is 5.16 Å². The second-order valence-electron chi connectivity index (χ2n) is 5.25. The molecular formula is C17H14F2N2O3. The minimum atomic E-state index is -3.03. The van der Waals surface area contributed by atoms with Crippen molar-refractivity contribution in [2.24, 2.45) is 0 Å². The van der Waals surface area contributed by atoms with Crippen LogP contribution in [0.3, 0.4) is 0 Å². The molecular weight excluding hydrogens is 318 g/mol. The van der Waals surface area contributed by atoms with Crippen molar-refractivity contribution in [3.05, 3.63) is 64.6 Å². The Bertz CT molecular complexity index is 926. The van der Waals surface area contributed by atoms with Gasteiger partial charge in [0.2, 0.25) is 0 Å². The number of hydrogen-bond donors (Lipinski definition) is 0. The van der Waals surface area contributed by atoms with E-state index in [0.29, 0.717) is 11.3 Å². The van der Waals surface area contributed by atoms with E-state index in [1.165, 1.54) is 31.4 Å². The van der Waals surface area contributed by atoms with E-state index >= 15 is 0 Å². The highest BCUT2D eigenvalue weighted by Crippen LogP contribution is 2.31. The van der Waals surface area contributed by atoms with Crippen LogP contribution in [0.5, 0.6) is 5.75 Å². The topological polar surface area (TPSA) is 57.3 Å². The fourth-order valence-corrected chi connectivity index (χ4v) is 2.40. The van der Waals surface area contributed by atoms with Gasteiger partial charge in [-0.2, -0.15) is 0 Å². The van der Waals surface area contributed by atoms with E-state index in [1.807, 2.05) is 0 Å². The molecule has 0 atom stereocenters. The first-order chi connectivity index (χ1) is 11.4. The van der Waals surface area contributed by atoms with Crippen LogP contribution in [-0.2, 0) is 5.92 Å². The summed E-state index contributed by atoms with van der Waals surface area (Å²) in [5.41, 5.74) is 0.541. The number of methoxy groups -OCH3 is 1. The van der Waals surface area contributed by atoms with Crippen LogP contribution in [0.25, 0.3) is 17.1 Å². The van der Waals surface area contributed by atoms with Crippen molar-refractivity contribution in [3.63, 3.8) is 0 Å². The standard InChI is InChI=1S/C17H14F2N2O3/c1-17(18,19)11-6-5-7-12(10-11)21-15(20-24-16(21)22)13-8-3-4-9-14(13)23-2/h3-10H,1-2H3. The van der Waals surface area contributed by atoms with Crippen LogP contribution < -0.4 is 10.5 Å². The van der Waals surface area contributed by atoms with Crippen molar-refractivity contribution in [1.82, 2.24) is 9.72 Å². The molecule has 0 bridgehead atoms. The van der Waals surface area contributed by atoms with Gasteiger partial charge < -0.3 is 4.74 Å². The van der Waals surface area contributed by atoms with Gasteiger partial charge in [0.25, 0.3) is 5.92 Å². The second-order valence-corrected chi connectivity index (χ2v) is 5.25. The molecule has 0 aliphatic carbocycles. The van der Waals surface area contributed by atoms with Crippen LogP contribution >= 0.6 is 0 Å². The maximum Gasteiger partial charge on any atom is 0.446 e. The highest BCUT2D eigenvalue weighted by atomic mass is 19.3. The molecule has 0 amide bonds. The third kappa shape index (κ3) is 2.80. The Kier molecular flexibility index (Phi) is 3.92. The Morgan fingerprint density at radius 3 is 2.62 bits per heavy atom. The van der Waals surface area contributed by atoms with Gasteiger partial charge in [0.05, 0.1) is 18.4 Å². The number of para-hydroxylation sites is 1. The molecule has 3 aromatic rings. The molecule has 1 aromatic heterocycles. The number of rotatable bonds is 4. The summed E-state index contributed by atoms with van der Waals surface area (Å²) in [5, 5.41) is 3.77. The first-order valence-electron chi connectivity index (χ1n) is 7.12. The summed E-state index contributed by atoms with van der Waals surface area (Å²) in [6.07, 6.45) is 0. The molecule has 0 saturated heterocycles. The molecule has 0 radical (unpaired) electrons. The molecule has 0 fully saturated rings. The average Bonchev–Trinajstić information content (AvgIpc) is 2.95. The predicted octanol–water partition coefficient (Wildman–Crippen LogP) is 3.61. The zero-order valence-electron chi connectivity index (χ0n) is 13.0. The Hall–Kier alpha value is -2.96.